The van der Waals surface area contributed by atoms with Crippen LogP contribution in [0.2, 0.25) is 0 Å². The summed E-state index contributed by atoms with van der Waals surface area (Å²) in [5.74, 6) is 2.01. The second-order valence-electron chi connectivity index (χ2n) is 5.57. The molecular formula is C15H22BrN3O. The van der Waals surface area contributed by atoms with Crippen LogP contribution in [0.1, 0.15) is 43.5 Å². The standard InChI is InChI=1S/C15H22BrN3O/c1-3-17-14-13(7-12(16)9-18-14)15(20)19-8-11-5-4-10(2)6-11/h7,9-11H,3-6,8H2,1-2H3,(H,17,18)(H,19,20). The van der Waals surface area contributed by atoms with Crippen molar-refractivity contribution in [1.29, 1.82) is 0 Å². The Bertz CT molecular complexity index is 478. The fourth-order valence-corrected chi connectivity index (χ4v) is 3.09. The van der Waals surface area contributed by atoms with Crippen molar-refractivity contribution in [3.8, 4) is 0 Å². The lowest BCUT2D eigenvalue weighted by Gasteiger charge is -2.13. The average Bonchev–Trinajstić information content (AvgIpc) is 2.84. The highest BCUT2D eigenvalue weighted by Crippen LogP contribution is 2.29. The molecule has 4 nitrogen and oxygen atoms in total. The Balaban J connectivity index is 1.99. The van der Waals surface area contributed by atoms with Crippen LogP contribution in [0.5, 0.6) is 0 Å². The molecule has 0 aliphatic heterocycles. The van der Waals surface area contributed by atoms with E-state index in [4.69, 9.17) is 0 Å². The van der Waals surface area contributed by atoms with Crippen molar-refractivity contribution >= 4 is 27.7 Å². The van der Waals surface area contributed by atoms with Gasteiger partial charge in [0.05, 0.1) is 5.56 Å². The van der Waals surface area contributed by atoms with Crippen molar-refractivity contribution in [2.75, 3.05) is 18.4 Å². The van der Waals surface area contributed by atoms with E-state index in [1.54, 1.807) is 6.20 Å². The summed E-state index contributed by atoms with van der Waals surface area (Å²) in [4.78, 5) is 16.6. The molecule has 1 saturated carbocycles. The summed E-state index contributed by atoms with van der Waals surface area (Å²) in [5, 5.41) is 6.17. The number of hydrogen-bond donors (Lipinski definition) is 2. The third-order valence-corrected chi connectivity index (χ3v) is 4.23. The van der Waals surface area contributed by atoms with Gasteiger partial charge in [-0.2, -0.15) is 0 Å². The first-order valence-corrected chi connectivity index (χ1v) is 8.07. The summed E-state index contributed by atoms with van der Waals surface area (Å²) in [5.41, 5.74) is 0.604. The Morgan fingerprint density at radius 2 is 2.30 bits per heavy atom. The van der Waals surface area contributed by atoms with Crippen molar-refractivity contribution in [2.24, 2.45) is 11.8 Å². The molecule has 1 amide bonds. The molecule has 2 N–H and O–H groups in total. The fourth-order valence-electron chi connectivity index (χ4n) is 2.76. The lowest BCUT2D eigenvalue weighted by atomic mass is 10.1. The molecule has 2 unspecified atom stereocenters. The molecule has 2 atom stereocenters. The van der Waals surface area contributed by atoms with E-state index in [1.165, 1.54) is 19.3 Å². The zero-order valence-corrected chi connectivity index (χ0v) is 13.7. The van der Waals surface area contributed by atoms with Crippen molar-refractivity contribution in [3.63, 3.8) is 0 Å². The van der Waals surface area contributed by atoms with Crippen molar-refractivity contribution in [1.82, 2.24) is 10.3 Å². The van der Waals surface area contributed by atoms with Gasteiger partial charge < -0.3 is 10.6 Å². The van der Waals surface area contributed by atoms with Crippen LogP contribution < -0.4 is 10.6 Å². The molecule has 0 spiro atoms. The van der Waals surface area contributed by atoms with Crippen LogP contribution in [0.15, 0.2) is 16.7 Å². The van der Waals surface area contributed by atoms with Crippen LogP contribution in [0.3, 0.4) is 0 Å². The number of rotatable bonds is 5. The minimum Gasteiger partial charge on any atom is -0.370 e. The number of carbonyl (C=O) groups excluding carboxylic acids is 1. The zero-order valence-electron chi connectivity index (χ0n) is 12.1. The zero-order chi connectivity index (χ0) is 14.5. The summed E-state index contributed by atoms with van der Waals surface area (Å²) in [7, 11) is 0. The van der Waals surface area contributed by atoms with Gasteiger partial charge in [-0.05, 0) is 53.6 Å². The minimum atomic E-state index is -0.0469. The Morgan fingerprint density at radius 1 is 1.50 bits per heavy atom. The van der Waals surface area contributed by atoms with Gasteiger partial charge >= 0.3 is 0 Å². The van der Waals surface area contributed by atoms with Gasteiger partial charge in [-0.15, -0.1) is 0 Å². The number of pyridine rings is 1. The molecule has 1 aromatic rings. The van der Waals surface area contributed by atoms with Gasteiger partial charge in [0.2, 0.25) is 0 Å². The molecule has 2 rings (SSSR count). The molecule has 0 aromatic carbocycles. The van der Waals surface area contributed by atoms with Crippen LogP contribution in [0.4, 0.5) is 5.82 Å². The highest BCUT2D eigenvalue weighted by molar-refractivity contribution is 9.10. The molecule has 0 saturated heterocycles. The van der Waals surface area contributed by atoms with Crippen LogP contribution in [0, 0.1) is 11.8 Å². The number of nitrogens with one attached hydrogen (secondary N) is 2. The van der Waals surface area contributed by atoms with Crippen LogP contribution >= 0.6 is 15.9 Å². The molecule has 1 aliphatic carbocycles. The van der Waals surface area contributed by atoms with Crippen LogP contribution in [-0.2, 0) is 0 Å². The summed E-state index contributed by atoms with van der Waals surface area (Å²) in [6.07, 6.45) is 5.42. The number of hydrogen-bond acceptors (Lipinski definition) is 3. The van der Waals surface area contributed by atoms with Gasteiger partial charge in [-0.1, -0.05) is 13.3 Å². The summed E-state index contributed by atoms with van der Waals surface area (Å²) >= 11 is 3.37. The van der Waals surface area contributed by atoms with E-state index in [0.29, 0.717) is 17.3 Å². The molecule has 5 heteroatoms. The maximum Gasteiger partial charge on any atom is 0.255 e. The topological polar surface area (TPSA) is 54.0 Å². The van der Waals surface area contributed by atoms with Crippen LogP contribution in [-0.4, -0.2) is 24.0 Å². The second kappa shape index (κ2) is 7.07. The summed E-state index contributed by atoms with van der Waals surface area (Å²) in [6, 6.07) is 1.82. The summed E-state index contributed by atoms with van der Waals surface area (Å²) < 4.78 is 0.818. The van der Waals surface area contributed by atoms with E-state index in [9.17, 15) is 4.79 Å². The maximum absolute atomic E-state index is 12.3. The minimum absolute atomic E-state index is 0.0469. The van der Waals surface area contributed by atoms with Gasteiger partial charge in [-0.3, -0.25) is 4.79 Å². The lowest BCUT2D eigenvalue weighted by molar-refractivity contribution is 0.0947. The van der Waals surface area contributed by atoms with Gasteiger partial charge in [-0.25, -0.2) is 4.98 Å². The number of amides is 1. The van der Waals surface area contributed by atoms with E-state index in [0.717, 1.165) is 23.5 Å². The molecule has 1 heterocycles. The third kappa shape index (κ3) is 3.95. The van der Waals surface area contributed by atoms with Crippen molar-refractivity contribution in [2.45, 2.75) is 33.1 Å². The number of nitrogens with zero attached hydrogens (tertiary/aromatic N) is 1. The molecule has 0 radical (unpaired) electrons. The molecule has 1 aliphatic rings. The van der Waals surface area contributed by atoms with Gasteiger partial charge in [0.15, 0.2) is 0 Å². The first-order valence-electron chi connectivity index (χ1n) is 7.27. The first-order chi connectivity index (χ1) is 9.60. The molecule has 0 bridgehead atoms. The molecule has 110 valence electrons. The van der Waals surface area contributed by atoms with E-state index >= 15 is 0 Å². The normalized spacial score (nSPS) is 21.8. The Morgan fingerprint density at radius 3 is 2.95 bits per heavy atom. The van der Waals surface area contributed by atoms with Gasteiger partial charge in [0, 0.05) is 23.8 Å². The van der Waals surface area contributed by atoms with Gasteiger partial charge in [0.1, 0.15) is 5.82 Å². The third-order valence-electron chi connectivity index (χ3n) is 3.80. The smallest absolute Gasteiger partial charge is 0.255 e. The largest absolute Gasteiger partial charge is 0.370 e. The predicted octanol–water partition coefficient (Wildman–Crippen LogP) is 3.44. The number of carbonyl (C=O) groups is 1. The quantitative estimate of drug-likeness (QED) is 0.863. The lowest BCUT2D eigenvalue weighted by Crippen LogP contribution is -2.29. The number of halogens is 1. The van der Waals surface area contributed by atoms with E-state index in [-0.39, 0.29) is 5.91 Å². The van der Waals surface area contributed by atoms with Gasteiger partial charge in [0.25, 0.3) is 5.91 Å². The molecular weight excluding hydrogens is 318 g/mol. The fraction of sp³-hybridized carbons (Fsp3) is 0.600. The Kier molecular flexibility index (Phi) is 5.40. The highest BCUT2D eigenvalue weighted by atomic mass is 79.9. The number of anilines is 1. The maximum atomic E-state index is 12.3. The van der Waals surface area contributed by atoms with Crippen molar-refractivity contribution < 1.29 is 4.79 Å². The van der Waals surface area contributed by atoms with E-state index in [2.05, 4.69) is 38.5 Å². The van der Waals surface area contributed by atoms with E-state index < -0.39 is 0 Å². The molecule has 1 aromatic heterocycles. The number of aromatic nitrogens is 1. The first kappa shape index (κ1) is 15.3. The highest BCUT2D eigenvalue weighted by Gasteiger charge is 2.22. The van der Waals surface area contributed by atoms with Crippen molar-refractivity contribution in [3.05, 3.63) is 22.3 Å². The SMILES string of the molecule is CCNc1ncc(Br)cc1C(=O)NCC1CCC(C)C1. The Labute approximate surface area is 128 Å². The summed E-state index contributed by atoms with van der Waals surface area (Å²) in [6.45, 7) is 5.78. The van der Waals surface area contributed by atoms with E-state index in [1.807, 2.05) is 13.0 Å². The Hall–Kier alpha value is -1.10. The average molecular weight is 340 g/mol. The molecule has 20 heavy (non-hydrogen) atoms. The second-order valence-corrected chi connectivity index (χ2v) is 6.49. The predicted molar refractivity (Wildman–Crippen MR) is 84.9 cm³/mol. The monoisotopic (exact) mass is 339 g/mol. The molecule has 1 fully saturated rings. The van der Waals surface area contributed by atoms with Crippen LogP contribution in [0.25, 0.3) is 0 Å².